The molecule has 0 amide bonds. The van der Waals surface area contributed by atoms with Crippen LogP contribution in [-0.4, -0.2) is 36.1 Å². The molecule has 1 heterocycles. The minimum atomic E-state index is -3.80. The number of aromatic nitrogens is 3. The molecule has 2 aromatic rings. The van der Waals surface area contributed by atoms with Gasteiger partial charge >= 0.3 is 5.97 Å². The second-order valence-corrected chi connectivity index (χ2v) is 5.72. The maximum atomic E-state index is 12.1. The van der Waals surface area contributed by atoms with Crippen molar-refractivity contribution in [3.05, 3.63) is 41.7 Å². The molecule has 0 saturated heterocycles. The molecule has 0 aliphatic heterocycles. The number of esters is 1. The Hall–Kier alpha value is -2.42. The molecule has 0 bridgehead atoms. The summed E-state index contributed by atoms with van der Waals surface area (Å²) in [5.74, 6) is -0.653. The van der Waals surface area contributed by atoms with Gasteiger partial charge in [0.05, 0.1) is 17.2 Å². The van der Waals surface area contributed by atoms with Gasteiger partial charge < -0.3 is 4.74 Å². The van der Waals surface area contributed by atoms with Gasteiger partial charge in [0.1, 0.15) is 0 Å². The van der Waals surface area contributed by atoms with Crippen molar-refractivity contribution in [2.45, 2.75) is 18.7 Å². The zero-order chi connectivity index (χ0) is 15.5. The number of ether oxygens (including phenoxy) is 1. The van der Waals surface area contributed by atoms with E-state index in [0.717, 1.165) is 4.79 Å². The number of carbonyl (C=O) groups excluding carboxylic acids is 1. The highest BCUT2D eigenvalue weighted by Crippen LogP contribution is 2.10. The molecule has 2 rings (SSSR count). The van der Waals surface area contributed by atoms with Crippen molar-refractivity contribution >= 4 is 16.0 Å². The van der Waals surface area contributed by atoms with Crippen LogP contribution in [-0.2, 0) is 14.8 Å². The van der Waals surface area contributed by atoms with E-state index in [4.69, 9.17) is 4.74 Å². The Morgan fingerprint density at radius 2 is 2.00 bits per heavy atom. The van der Waals surface area contributed by atoms with Crippen LogP contribution in [0.3, 0.4) is 0 Å². The first kappa shape index (κ1) is 15.0. The summed E-state index contributed by atoms with van der Waals surface area (Å²) in [5, 5.41) is 7.23. The lowest BCUT2D eigenvalue weighted by molar-refractivity contribution is 0.0518. The predicted octanol–water partition coefficient (Wildman–Crippen LogP) is 0.696. The molecule has 112 valence electrons. The largest absolute Gasteiger partial charge is 0.461 e. The fourth-order valence-corrected chi connectivity index (χ4v) is 2.59. The zero-order valence-corrected chi connectivity index (χ0v) is 12.3. The number of sulfonamides is 1. The number of hydrogen-bond acceptors (Lipinski definition) is 6. The molecule has 0 aliphatic carbocycles. The number of carbonyl (C=O) groups is 1. The molecule has 0 fully saturated rings. The molecule has 0 radical (unpaired) electrons. The second kappa shape index (κ2) is 5.92. The third-order valence-electron chi connectivity index (χ3n) is 2.62. The summed E-state index contributed by atoms with van der Waals surface area (Å²) >= 11 is 0. The third-order valence-corrected chi connectivity index (χ3v) is 3.93. The second-order valence-electron chi connectivity index (χ2n) is 4.06. The van der Waals surface area contributed by atoms with E-state index in [-0.39, 0.29) is 22.9 Å². The lowest BCUT2D eigenvalue weighted by atomic mass is 10.3. The van der Waals surface area contributed by atoms with Gasteiger partial charge in [-0.3, -0.25) is 0 Å². The normalized spacial score (nSPS) is 11.1. The van der Waals surface area contributed by atoms with E-state index >= 15 is 0 Å². The number of nitrogens with zero attached hydrogens (tertiary/aromatic N) is 3. The van der Waals surface area contributed by atoms with Crippen LogP contribution in [0.4, 0.5) is 0 Å². The summed E-state index contributed by atoms with van der Waals surface area (Å²) in [6.07, 6.45) is 0. The summed E-state index contributed by atoms with van der Waals surface area (Å²) in [6, 6.07) is 7.81. The standard InChI is InChI=1S/C12H14N4O4S/c1-3-20-12(17)11-9(2)16(14-13-11)15-21(18,19)10-7-5-4-6-8-10/h4-8,15H,3H2,1-2H3. The van der Waals surface area contributed by atoms with Crippen molar-refractivity contribution < 1.29 is 17.9 Å². The van der Waals surface area contributed by atoms with Gasteiger partial charge in [0, 0.05) is 0 Å². The maximum absolute atomic E-state index is 12.1. The van der Waals surface area contributed by atoms with Crippen LogP contribution >= 0.6 is 0 Å². The topological polar surface area (TPSA) is 103 Å². The first-order valence-corrected chi connectivity index (χ1v) is 7.61. The van der Waals surface area contributed by atoms with Crippen molar-refractivity contribution in [1.82, 2.24) is 15.1 Å². The van der Waals surface area contributed by atoms with Crippen LogP contribution < -0.4 is 4.83 Å². The molecule has 0 saturated carbocycles. The summed E-state index contributed by atoms with van der Waals surface area (Å²) in [5.41, 5.74) is 0.209. The number of hydrogen-bond donors (Lipinski definition) is 1. The minimum Gasteiger partial charge on any atom is -0.461 e. The molecule has 0 aliphatic rings. The van der Waals surface area contributed by atoms with E-state index in [9.17, 15) is 13.2 Å². The SMILES string of the molecule is CCOC(=O)c1nnn(NS(=O)(=O)c2ccccc2)c1C. The summed E-state index contributed by atoms with van der Waals surface area (Å²) in [6.45, 7) is 3.37. The number of nitrogens with one attached hydrogen (secondary N) is 1. The average Bonchev–Trinajstić information content (AvgIpc) is 2.81. The lowest BCUT2D eigenvalue weighted by Gasteiger charge is -2.08. The number of benzene rings is 1. The maximum Gasteiger partial charge on any atom is 0.360 e. The molecular weight excluding hydrogens is 296 g/mol. The molecule has 1 aromatic carbocycles. The Morgan fingerprint density at radius 3 is 2.62 bits per heavy atom. The molecule has 1 aromatic heterocycles. The van der Waals surface area contributed by atoms with Crippen molar-refractivity contribution in [2.24, 2.45) is 0 Å². The Balaban J connectivity index is 2.27. The fraction of sp³-hybridized carbons (Fsp3) is 0.250. The minimum absolute atomic E-state index is 0.0346. The van der Waals surface area contributed by atoms with Gasteiger partial charge in [-0.05, 0) is 31.2 Å². The van der Waals surface area contributed by atoms with Crippen molar-refractivity contribution in [3.8, 4) is 0 Å². The summed E-state index contributed by atoms with van der Waals surface area (Å²) < 4.78 is 29.1. The van der Waals surface area contributed by atoms with Gasteiger partial charge in [-0.2, -0.15) is 13.2 Å². The van der Waals surface area contributed by atoms with E-state index in [1.165, 1.54) is 19.1 Å². The van der Waals surface area contributed by atoms with Gasteiger partial charge in [0.15, 0.2) is 5.69 Å². The smallest absolute Gasteiger partial charge is 0.360 e. The van der Waals surface area contributed by atoms with E-state index in [1.54, 1.807) is 25.1 Å². The Morgan fingerprint density at radius 1 is 1.33 bits per heavy atom. The monoisotopic (exact) mass is 310 g/mol. The van der Waals surface area contributed by atoms with Crippen LogP contribution in [0.2, 0.25) is 0 Å². The average molecular weight is 310 g/mol. The predicted molar refractivity (Wildman–Crippen MR) is 73.7 cm³/mol. The Kier molecular flexibility index (Phi) is 4.22. The van der Waals surface area contributed by atoms with Crippen LogP contribution in [0.1, 0.15) is 23.1 Å². The van der Waals surface area contributed by atoms with Crippen LogP contribution in [0.25, 0.3) is 0 Å². The molecule has 0 unspecified atom stereocenters. The molecular formula is C12H14N4O4S. The van der Waals surface area contributed by atoms with Gasteiger partial charge in [-0.15, -0.1) is 9.89 Å². The molecule has 8 nitrogen and oxygen atoms in total. The molecule has 21 heavy (non-hydrogen) atoms. The first-order valence-electron chi connectivity index (χ1n) is 6.13. The van der Waals surface area contributed by atoms with Gasteiger partial charge in [-0.1, -0.05) is 18.2 Å². The highest BCUT2D eigenvalue weighted by Gasteiger charge is 2.21. The third kappa shape index (κ3) is 3.19. The molecule has 0 spiro atoms. The van der Waals surface area contributed by atoms with Crippen molar-refractivity contribution in [2.75, 3.05) is 11.4 Å². The summed E-state index contributed by atoms with van der Waals surface area (Å²) in [4.78, 5) is 14.8. The first-order chi connectivity index (χ1) is 9.95. The van der Waals surface area contributed by atoms with Crippen molar-refractivity contribution in [3.63, 3.8) is 0 Å². The van der Waals surface area contributed by atoms with Crippen LogP contribution in [0, 0.1) is 6.92 Å². The van der Waals surface area contributed by atoms with Gasteiger partial charge in [0.2, 0.25) is 0 Å². The number of rotatable bonds is 5. The molecule has 9 heteroatoms. The van der Waals surface area contributed by atoms with E-state index < -0.39 is 16.0 Å². The van der Waals surface area contributed by atoms with E-state index in [2.05, 4.69) is 15.1 Å². The van der Waals surface area contributed by atoms with Crippen LogP contribution in [0.15, 0.2) is 35.2 Å². The van der Waals surface area contributed by atoms with Gasteiger partial charge in [-0.25, -0.2) is 4.79 Å². The van der Waals surface area contributed by atoms with Crippen LogP contribution in [0.5, 0.6) is 0 Å². The van der Waals surface area contributed by atoms with E-state index in [0.29, 0.717) is 0 Å². The van der Waals surface area contributed by atoms with Gasteiger partial charge in [0.25, 0.3) is 10.0 Å². The highest BCUT2D eigenvalue weighted by atomic mass is 32.2. The fourth-order valence-electron chi connectivity index (χ4n) is 1.57. The molecule has 1 N–H and O–H groups in total. The molecule has 0 atom stereocenters. The Bertz CT molecular complexity index is 740. The quantitative estimate of drug-likeness (QED) is 0.815. The zero-order valence-electron chi connectivity index (χ0n) is 11.5. The lowest BCUT2D eigenvalue weighted by Crippen LogP contribution is -2.25. The van der Waals surface area contributed by atoms with E-state index in [1.807, 2.05) is 0 Å². The summed E-state index contributed by atoms with van der Waals surface area (Å²) in [7, 11) is -3.80. The Labute approximate surface area is 121 Å². The highest BCUT2D eigenvalue weighted by molar-refractivity contribution is 7.92. The van der Waals surface area contributed by atoms with Crippen molar-refractivity contribution in [1.29, 1.82) is 0 Å².